The third-order valence-electron chi connectivity index (χ3n) is 2.75. The molecule has 0 aliphatic rings. The number of carbonyl (C=O) groups is 1. The van der Waals surface area contributed by atoms with Crippen LogP contribution < -0.4 is 4.74 Å². The summed E-state index contributed by atoms with van der Waals surface area (Å²) in [4.78, 5) is 25.5. The van der Waals surface area contributed by atoms with E-state index in [1.54, 1.807) is 18.3 Å². The highest BCUT2D eigenvalue weighted by atomic mass is 16.6. The summed E-state index contributed by atoms with van der Waals surface area (Å²) < 4.78 is 5.33. The van der Waals surface area contributed by atoms with Crippen LogP contribution in [0.3, 0.4) is 0 Å². The molecule has 2 rings (SSSR count). The first-order valence-corrected chi connectivity index (χ1v) is 6.13. The van der Waals surface area contributed by atoms with E-state index in [1.807, 2.05) is 6.07 Å². The van der Waals surface area contributed by atoms with Crippen LogP contribution in [0, 0.1) is 10.1 Å². The van der Waals surface area contributed by atoms with Crippen molar-refractivity contribution in [1.82, 2.24) is 4.98 Å². The number of aromatic nitrogens is 1. The minimum absolute atomic E-state index is 0.0994. The topological polar surface area (TPSA) is 103 Å². The molecule has 0 bridgehead atoms. The fourth-order valence-electron chi connectivity index (χ4n) is 1.79. The number of hydrogen-bond acceptors (Lipinski definition) is 5. The number of pyridine rings is 1. The summed E-state index contributed by atoms with van der Waals surface area (Å²) in [7, 11) is 0. The second-order valence-electron chi connectivity index (χ2n) is 4.14. The third-order valence-corrected chi connectivity index (χ3v) is 2.75. The maximum absolute atomic E-state index is 11.1. The number of carboxylic acid groups (broad SMARTS) is 1. The van der Waals surface area contributed by atoms with Crippen LogP contribution in [-0.4, -0.2) is 27.6 Å². The van der Waals surface area contributed by atoms with Crippen molar-refractivity contribution >= 4 is 11.7 Å². The quantitative estimate of drug-likeness (QED) is 0.646. The van der Waals surface area contributed by atoms with Crippen molar-refractivity contribution in [2.24, 2.45) is 0 Å². The summed E-state index contributed by atoms with van der Waals surface area (Å²) in [6.45, 7) is 0.0994. The van der Waals surface area contributed by atoms with E-state index in [0.717, 1.165) is 5.69 Å². The molecular weight excluding hydrogens is 276 g/mol. The van der Waals surface area contributed by atoms with Gasteiger partial charge in [0.05, 0.1) is 11.5 Å². The van der Waals surface area contributed by atoms with Crippen LogP contribution in [0.4, 0.5) is 5.69 Å². The SMILES string of the molecule is O=C(O)c1cccc([N+](=O)[O-])c1OCCc1ccccn1. The Morgan fingerprint density at radius 1 is 1.29 bits per heavy atom. The number of aromatic carboxylic acids is 1. The molecule has 0 radical (unpaired) electrons. The molecule has 1 aromatic heterocycles. The highest BCUT2D eigenvalue weighted by Gasteiger charge is 2.22. The molecule has 1 heterocycles. The second kappa shape index (κ2) is 6.47. The summed E-state index contributed by atoms with van der Waals surface area (Å²) >= 11 is 0. The van der Waals surface area contributed by atoms with Crippen LogP contribution in [-0.2, 0) is 6.42 Å². The first-order chi connectivity index (χ1) is 10.1. The Bertz CT molecular complexity index is 625. The minimum Gasteiger partial charge on any atom is -0.486 e. The number of rotatable bonds is 6. The molecule has 0 saturated carbocycles. The zero-order chi connectivity index (χ0) is 15.2. The van der Waals surface area contributed by atoms with Crippen LogP contribution in [0.15, 0.2) is 42.6 Å². The smallest absolute Gasteiger partial charge is 0.339 e. The van der Waals surface area contributed by atoms with Gasteiger partial charge in [-0.2, -0.15) is 0 Å². The van der Waals surface area contributed by atoms with Crippen molar-refractivity contribution in [3.8, 4) is 5.75 Å². The number of carboxylic acids is 1. The molecule has 0 saturated heterocycles. The monoisotopic (exact) mass is 288 g/mol. The number of para-hydroxylation sites is 1. The van der Waals surface area contributed by atoms with Crippen LogP contribution in [0.1, 0.15) is 16.1 Å². The predicted octanol–water partition coefficient (Wildman–Crippen LogP) is 2.31. The Kier molecular flexibility index (Phi) is 4.45. The van der Waals surface area contributed by atoms with Gasteiger partial charge in [-0.15, -0.1) is 0 Å². The third kappa shape index (κ3) is 3.53. The van der Waals surface area contributed by atoms with Gasteiger partial charge in [0, 0.05) is 24.4 Å². The van der Waals surface area contributed by atoms with Gasteiger partial charge in [0.25, 0.3) is 0 Å². The number of benzene rings is 1. The molecule has 21 heavy (non-hydrogen) atoms. The van der Waals surface area contributed by atoms with Crippen molar-refractivity contribution in [3.63, 3.8) is 0 Å². The first kappa shape index (κ1) is 14.4. The summed E-state index contributed by atoms with van der Waals surface area (Å²) in [6.07, 6.45) is 2.05. The maximum Gasteiger partial charge on any atom is 0.339 e. The minimum atomic E-state index is -1.27. The number of nitrogens with zero attached hydrogens (tertiary/aromatic N) is 2. The normalized spacial score (nSPS) is 10.1. The Balaban J connectivity index is 2.18. The van der Waals surface area contributed by atoms with Crippen LogP contribution in [0.25, 0.3) is 0 Å². The zero-order valence-electron chi connectivity index (χ0n) is 10.9. The van der Waals surface area contributed by atoms with Crippen LogP contribution in [0.2, 0.25) is 0 Å². The molecule has 0 aliphatic heterocycles. The number of nitro groups is 1. The lowest BCUT2D eigenvalue weighted by atomic mass is 10.1. The summed E-state index contributed by atoms with van der Waals surface area (Å²) in [5, 5.41) is 20.0. The Labute approximate surface area is 120 Å². The van der Waals surface area contributed by atoms with E-state index in [-0.39, 0.29) is 23.6 Å². The molecule has 1 N–H and O–H groups in total. The average molecular weight is 288 g/mol. The van der Waals surface area contributed by atoms with Gasteiger partial charge < -0.3 is 9.84 Å². The van der Waals surface area contributed by atoms with Gasteiger partial charge in [-0.25, -0.2) is 4.79 Å². The van der Waals surface area contributed by atoms with Crippen LogP contribution >= 0.6 is 0 Å². The summed E-state index contributed by atoms with van der Waals surface area (Å²) in [5.41, 5.74) is 0.161. The average Bonchev–Trinajstić information content (AvgIpc) is 2.48. The van der Waals surface area contributed by atoms with Gasteiger partial charge in [0.2, 0.25) is 5.75 Å². The number of ether oxygens (including phenoxy) is 1. The molecule has 7 heteroatoms. The number of nitro benzene ring substituents is 1. The van der Waals surface area contributed by atoms with Gasteiger partial charge in [-0.3, -0.25) is 15.1 Å². The fraction of sp³-hybridized carbons (Fsp3) is 0.143. The Hall–Kier alpha value is -2.96. The fourth-order valence-corrected chi connectivity index (χ4v) is 1.79. The van der Waals surface area contributed by atoms with Crippen molar-refractivity contribution < 1.29 is 19.6 Å². The van der Waals surface area contributed by atoms with Crippen molar-refractivity contribution in [1.29, 1.82) is 0 Å². The molecule has 0 unspecified atom stereocenters. The van der Waals surface area contributed by atoms with Crippen molar-refractivity contribution in [3.05, 3.63) is 64.0 Å². The lowest BCUT2D eigenvalue weighted by molar-refractivity contribution is -0.385. The van der Waals surface area contributed by atoms with E-state index in [9.17, 15) is 14.9 Å². The molecule has 0 spiro atoms. The zero-order valence-corrected chi connectivity index (χ0v) is 10.9. The van der Waals surface area contributed by atoms with E-state index in [0.29, 0.717) is 6.42 Å². The Morgan fingerprint density at radius 3 is 2.71 bits per heavy atom. The van der Waals surface area contributed by atoms with Gasteiger partial charge >= 0.3 is 11.7 Å². The van der Waals surface area contributed by atoms with Gasteiger partial charge in [0.1, 0.15) is 5.56 Å². The standard InChI is InChI=1S/C14H12N2O5/c17-14(18)11-5-3-6-12(16(19)20)13(11)21-9-7-10-4-1-2-8-15-10/h1-6,8H,7,9H2,(H,17,18). The van der Waals surface area contributed by atoms with E-state index < -0.39 is 10.9 Å². The van der Waals surface area contributed by atoms with E-state index in [4.69, 9.17) is 9.84 Å². The van der Waals surface area contributed by atoms with Crippen molar-refractivity contribution in [2.45, 2.75) is 6.42 Å². The van der Waals surface area contributed by atoms with Gasteiger partial charge in [-0.05, 0) is 18.2 Å². The predicted molar refractivity (Wildman–Crippen MR) is 73.5 cm³/mol. The summed E-state index contributed by atoms with van der Waals surface area (Å²) in [6, 6.07) is 9.17. The van der Waals surface area contributed by atoms with E-state index in [2.05, 4.69) is 4.98 Å². The lowest BCUT2D eigenvalue weighted by Gasteiger charge is -2.09. The molecule has 7 nitrogen and oxygen atoms in total. The molecule has 0 fully saturated rings. The maximum atomic E-state index is 11.1. The van der Waals surface area contributed by atoms with Crippen molar-refractivity contribution in [2.75, 3.05) is 6.61 Å². The first-order valence-electron chi connectivity index (χ1n) is 6.13. The van der Waals surface area contributed by atoms with E-state index in [1.165, 1.54) is 18.2 Å². The Morgan fingerprint density at radius 2 is 2.10 bits per heavy atom. The van der Waals surface area contributed by atoms with Gasteiger partial charge in [0.15, 0.2) is 0 Å². The second-order valence-corrected chi connectivity index (χ2v) is 4.14. The molecule has 2 aromatic rings. The molecule has 1 aromatic carbocycles. The molecule has 0 atom stereocenters. The summed E-state index contributed by atoms with van der Waals surface area (Å²) in [5.74, 6) is -1.50. The van der Waals surface area contributed by atoms with E-state index >= 15 is 0 Å². The highest BCUT2D eigenvalue weighted by Crippen LogP contribution is 2.31. The van der Waals surface area contributed by atoms with Crippen LogP contribution in [0.5, 0.6) is 5.75 Å². The number of hydrogen-bond donors (Lipinski definition) is 1. The molecule has 0 aliphatic carbocycles. The molecular formula is C14H12N2O5. The molecule has 0 amide bonds. The lowest BCUT2D eigenvalue weighted by Crippen LogP contribution is -2.09. The largest absolute Gasteiger partial charge is 0.486 e. The molecule has 108 valence electrons. The highest BCUT2D eigenvalue weighted by molar-refractivity contribution is 5.92. The van der Waals surface area contributed by atoms with Gasteiger partial charge in [-0.1, -0.05) is 12.1 Å².